The molecule has 0 aromatic heterocycles. The van der Waals surface area contributed by atoms with Crippen LogP contribution in [0, 0.1) is 11.2 Å². The Morgan fingerprint density at radius 3 is 2.22 bits per heavy atom. The lowest BCUT2D eigenvalue weighted by Gasteiger charge is -2.24. The van der Waals surface area contributed by atoms with E-state index < -0.39 is 15.8 Å². The van der Waals surface area contributed by atoms with Gasteiger partial charge in [-0.15, -0.1) is 0 Å². The molecule has 23 heavy (non-hydrogen) atoms. The van der Waals surface area contributed by atoms with E-state index in [0.29, 0.717) is 11.4 Å². The molecule has 0 saturated carbocycles. The molecule has 0 saturated heterocycles. The van der Waals surface area contributed by atoms with Gasteiger partial charge in [-0.25, -0.2) is 12.8 Å². The first-order valence-corrected chi connectivity index (χ1v) is 8.04. The van der Waals surface area contributed by atoms with Crippen molar-refractivity contribution in [2.75, 3.05) is 18.0 Å². The number of sulfonamides is 1. The number of anilines is 1. The van der Waals surface area contributed by atoms with E-state index in [1.54, 1.807) is 24.3 Å². The van der Waals surface area contributed by atoms with Crippen LogP contribution in [0.15, 0.2) is 53.4 Å². The van der Waals surface area contributed by atoms with Gasteiger partial charge in [0.2, 0.25) is 0 Å². The molecule has 122 valence electrons. The fraction of sp³-hybridized carbons (Fsp3) is 0.133. The third-order valence-electron chi connectivity index (χ3n) is 3.08. The highest BCUT2D eigenvalue weighted by Crippen LogP contribution is 2.25. The molecule has 0 bridgehead atoms. The monoisotopic (exact) mass is 337 g/mol. The molecule has 8 heteroatoms. The van der Waals surface area contributed by atoms with E-state index in [9.17, 15) is 12.8 Å². The molecule has 2 aromatic carbocycles. The lowest BCUT2D eigenvalue weighted by molar-refractivity contribution is 0.415. The second-order valence-electron chi connectivity index (χ2n) is 4.69. The van der Waals surface area contributed by atoms with Gasteiger partial charge in [0, 0.05) is 0 Å². The van der Waals surface area contributed by atoms with Crippen LogP contribution in [0.3, 0.4) is 0 Å². The Labute approximate surface area is 133 Å². The van der Waals surface area contributed by atoms with Crippen LogP contribution in [0.2, 0.25) is 0 Å². The summed E-state index contributed by atoms with van der Waals surface area (Å²) >= 11 is 0. The quantitative estimate of drug-likeness (QED) is 0.622. The van der Waals surface area contributed by atoms with Gasteiger partial charge in [0.05, 0.1) is 24.2 Å². The van der Waals surface area contributed by atoms with E-state index in [0.717, 1.165) is 16.4 Å². The number of rotatable bonds is 6. The van der Waals surface area contributed by atoms with Crippen LogP contribution in [0.4, 0.5) is 10.1 Å². The molecule has 0 spiro atoms. The van der Waals surface area contributed by atoms with Gasteiger partial charge in [0.25, 0.3) is 10.0 Å². The summed E-state index contributed by atoms with van der Waals surface area (Å²) in [6, 6.07) is 10.7. The first-order valence-electron chi connectivity index (χ1n) is 6.60. The molecular weight excluding hydrogens is 321 g/mol. The third-order valence-corrected chi connectivity index (χ3v) is 4.86. The number of hydrogen-bond donors (Lipinski definition) is 2. The minimum atomic E-state index is -3.98. The summed E-state index contributed by atoms with van der Waals surface area (Å²) < 4.78 is 44.5. The zero-order chi connectivity index (χ0) is 17.0. The second kappa shape index (κ2) is 6.66. The van der Waals surface area contributed by atoms with E-state index in [1.807, 2.05) is 0 Å². The van der Waals surface area contributed by atoms with E-state index in [1.165, 1.54) is 19.2 Å². The molecule has 0 aliphatic heterocycles. The fourth-order valence-electron chi connectivity index (χ4n) is 1.95. The summed E-state index contributed by atoms with van der Waals surface area (Å²) in [6.45, 7) is -0.313. The van der Waals surface area contributed by atoms with Gasteiger partial charge in [-0.3, -0.25) is 9.71 Å². The van der Waals surface area contributed by atoms with Gasteiger partial charge >= 0.3 is 0 Å². The summed E-state index contributed by atoms with van der Waals surface area (Å²) in [6.07, 6.45) is 0. The number of nitrogens with two attached hydrogens (primary N) is 1. The predicted molar refractivity (Wildman–Crippen MR) is 85.8 cm³/mol. The molecule has 3 N–H and O–H groups in total. The Balaban J connectivity index is 2.48. The molecule has 0 heterocycles. The summed E-state index contributed by atoms with van der Waals surface area (Å²) in [5.74, 6) is -0.284. The molecule has 0 radical (unpaired) electrons. The number of amidine groups is 1. The number of hydrogen-bond acceptors (Lipinski definition) is 4. The molecule has 0 amide bonds. The summed E-state index contributed by atoms with van der Waals surface area (Å²) in [4.78, 5) is -0.0871. The van der Waals surface area contributed by atoms with Gasteiger partial charge < -0.3 is 10.5 Å². The van der Waals surface area contributed by atoms with Crippen LogP contribution < -0.4 is 14.8 Å². The van der Waals surface area contributed by atoms with Crippen molar-refractivity contribution in [1.82, 2.24) is 0 Å². The van der Waals surface area contributed by atoms with Crippen LogP contribution in [0.5, 0.6) is 5.75 Å². The van der Waals surface area contributed by atoms with Crippen LogP contribution in [-0.2, 0) is 10.0 Å². The fourth-order valence-corrected chi connectivity index (χ4v) is 3.39. The van der Waals surface area contributed by atoms with Gasteiger partial charge in [0.1, 0.15) is 17.4 Å². The molecule has 2 aromatic rings. The number of nitrogens with one attached hydrogen (secondary N) is 1. The molecular formula is C15H16FN3O3S. The van der Waals surface area contributed by atoms with E-state index >= 15 is 0 Å². The maximum Gasteiger partial charge on any atom is 0.264 e. The normalized spacial score (nSPS) is 11.0. The average Bonchev–Trinajstić information content (AvgIpc) is 2.53. The first-order chi connectivity index (χ1) is 10.8. The van der Waals surface area contributed by atoms with Crippen LogP contribution in [0.1, 0.15) is 0 Å². The zero-order valence-electron chi connectivity index (χ0n) is 12.4. The first kappa shape index (κ1) is 16.8. The second-order valence-corrected chi connectivity index (χ2v) is 6.55. The highest BCUT2D eigenvalue weighted by molar-refractivity contribution is 7.92. The lowest BCUT2D eigenvalue weighted by atomic mass is 10.3. The minimum absolute atomic E-state index is 0.0871. The Morgan fingerprint density at radius 1 is 1.17 bits per heavy atom. The van der Waals surface area contributed by atoms with E-state index in [4.69, 9.17) is 15.9 Å². The predicted octanol–water partition coefficient (Wildman–Crippen LogP) is 1.97. The van der Waals surface area contributed by atoms with Crippen molar-refractivity contribution in [2.45, 2.75) is 4.90 Å². The molecule has 0 aliphatic carbocycles. The maximum atomic E-state index is 13.0. The van der Waals surface area contributed by atoms with Crippen LogP contribution >= 0.6 is 0 Å². The molecule has 0 fully saturated rings. The van der Waals surface area contributed by atoms with E-state index in [2.05, 4.69) is 0 Å². The molecule has 0 atom stereocenters. The Bertz CT molecular complexity index is 790. The summed E-state index contributed by atoms with van der Waals surface area (Å²) in [5.41, 5.74) is 5.70. The van der Waals surface area contributed by atoms with Crippen molar-refractivity contribution < 1.29 is 17.5 Å². The van der Waals surface area contributed by atoms with Crippen molar-refractivity contribution in [1.29, 1.82) is 5.41 Å². The molecule has 0 unspecified atom stereocenters. The largest absolute Gasteiger partial charge is 0.497 e. The van der Waals surface area contributed by atoms with Gasteiger partial charge in [0.15, 0.2) is 0 Å². The molecule has 2 rings (SSSR count). The maximum absolute atomic E-state index is 13.0. The Morgan fingerprint density at radius 2 is 1.74 bits per heavy atom. The van der Waals surface area contributed by atoms with Crippen molar-refractivity contribution in [3.05, 3.63) is 54.3 Å². The van der Waals surface area contributed by atoms with Gasteiger partial charge in [-0.2, -0.15) is 0 Å². The third kappa shape index (κ3) is 3.78. The average molecular weight is 337 g/mol. The lowest BCUT2D eigenvalue weighted by Crippen LogP contribution is -2.38. The Hall–Kier alpha value is -2.61. The van der Waals surface area contributed by atoms with Crippen molar-refractivity contribution >= 4 is 21.5 Å². The van der Waals surface area contributed by atoms with Gasteiger partial charge in [-0.1, -0.05) is 0 Å². The molecule has 6 nitrogen and oxygen atoms in total. The summed E-state index contributed by atoms with van der Waals surface area (Å²) in [5, 5.41) is 7.42. The van der Waals surface area contributed by atoms with Crippen molar-refractivity contribution in [3.8, 4) is 5.75 Å². The highest BCUT2D eigenvalue weighted by atomic mass is 32.2. The number of halogens is 1. The Kier molecular flexibility index (Phi) is 4.85. The van der Waals surface area contributed by atoms with Crippen LogP contribution in [-0.4, -0.2) is 27.9 Å². The number of methoxy groups -OCH3 is 1. The zero-order valence-corrected chi connectivity index (χ0v) is 13.2. The SMILES string of the molecule is COc1ccc(N(CC(=N)N)S(=O)(=O)c2ccc(F)cc2)cc1. The molecule has 0 aliphatic rings. The number of ether oxygens (including phenoxy) is 1. The van der Waals surface area contributed by atoms with Crippen molar-refractivity contribution in [3.63, 3.8) is 0 Å². The topological polar surface area (TPSA) is 96.5 Å². The number of nitrogens with zero attached hydrogens (tertiary/aromatic N) is 1. The minimum Gasteiger partial charge on any atom is -0.497 e. The van der Waals surface area contributed by atoms with Gasteiger partial charge in [-0.05, 0) is 48.5 Å². The smallest absolute Gasteiger partial charge is 0.264 e. The van der Waals surface area contributed by atoms with Crippen molar-refractivity contribution in [2.24, 2.45) is 5.73 Å². The number of benzene rings is 2. The van der Waals surface area contributed by atoms with E-state index in [-0.39, 0.29) is 17.3 Å². The standard InChI is InChI=1S/C15H16FN3O3S/c1-22-13-6-4-12(5-7-13)19(10-15(17)18)23(20,21)14-8-2-11(16)3-9-14/h2-9H,10H2,1H3,(H3,17,18). The summed E-state index contributed by atoms with van der Waals surface area (Å²) in [7, 11) is -2.48. The highest BCUT2D eigenvalue weighted by Gasteiger charge is 2.25. The van der Waals surface area contributed by atoms with Crippen LogP contribution in [0.25, 0.3) is 0 Å².